The number of hydrogen-bond acceptors (Lipinski definition) is 3. The number of carbonyl (C=O) groups is 1. The van der Waals surface area contributed by atoms with Gasteiger partial charge in [-0.25, -0.2) is 10.2 Å². The number of rotatable bonds is 4. The van der Waals surface area contributed by atoms with E-state index in [1.165, 1.54) is 36.6 Å². The fraction of sp³-hybridized carbons (Fsp3) is 0.222. The summed E-state index contributed by atoms with van der Waals surface area (Å²) in [5.74, 6) is 1.63. The molecule has 2 aromatic carbocycles. The first-order valence-corrected chi connectivity index (χ1v) is 7.69. The van der Waals surface area contributed by atoms with Crippen molar-refractivity contribution in [2.24, 2.45) is 10.8 Å². The SMILES string of the molecule is NC(=O)NN=Cc1ccc(Oc2ccc3c(c2)CCCC3)cc1. The van der Waals surface area contributed by atoms with Crippen LogP contribution in [0.3, 0.4) is 0 Å². The Morgan fingerprint density at radius 1 is 1.04 bits per heavy atom. The van der Waals surface area contributed by atoms with E-state index >= 15 is 0 Å². The van der Waals surface area contributed by atoms with E-state index in [1.54, 1.807) is 0 Å². The third kappa shape index (κ3) is 4.10. The van der Waals surface area contributed by atoms with Crippen molar-refractivity contribution in [3.8, 4) is 11.5 Å². The van der Waals surface area contributed by atoms with Gasteiger partial charge < -0.3 is 10.5 Å². The summed E-state index contributed by atoms with van der Waals surface area (Å²) in [5, 5.41) is 3.71. The van der Waals surface area contributed by atoms with Crippen molar-refractivity contribution in [3.05, 3.63) is 59.2 Å². The van der Waals surface area contributed by atoms with Gasteiger partial charge in [0.05, 0.1) is 6.21 Å². The summed E-state index contributed by atoms with van der Waals surface area (Å²) in [5.41, 5.74) is 10.8. The molecule has 0 spiro atoms. The van der Waals surface area contributed by atoms with E-state index in [9.17, 15) is 4.79 Å². The van der Waals surface area contributed by atoms with Crippen LogP contribution in [0.25, 0.3) is 0 Å². The molecule has 0 unspecified atom stereocenters. The minimum absolute atomic E-state index is 0.686. The number of aryl methyl sites for hydroxylation is 2. The Kier molecular flexibility index (Phi) is 4.57. The lowest BCUT2D eigenvalue weighted by atomic mass is 9.92. The number of amides is 2. The maximum absolute atomic E-state index is 10.5. The molecule has 3 N–H and O–H groups in total. The molecule has 0 aliphatic heterocycles. The fourth-order valence-corrected chi connectivity index (χ4v) is 2.70. The Labute approximate surface area is 135 Å². The first-order valence-electron chi connectivity index (χ1n) is 7.69. The minimum atomic E-state index is -0.686. The summed E-state index contributed by atoms with van der Waals surface area (Å²) < 4.78 is 5.91. The number of nitrogens with two attached hydrogens (primary N) is 1. The molecule has 118 valence electrons. The number of hydrogen-bond donors (Lipinski definition) is 2. The quantitative estimate of drug-likeness (QED) is 0.671. The molecule has 5 nitrogen and oxygen atoms in total. The summed E-state index contributed by atoms with van der Waals surface area (Å²) >= 11 is 0. The standard InChI is InChI=1S/C18H19N3O2/c19-18(22)21-20-12-13-5-8-16(9-6-13)23-17-10-7-14-3-1-2-4-15(14)11-17/h5-12H,1-4H2,(H3,19,21,22). The second kappa shape index (κ2) is 6.96. The smallest absolute Gasteiger partial charge is 0.332 e. The summed E-state index contributed by atoms with van der Waals surface area (Å²) in [7, 11) is 0. The van der Waals surface area contributed by atoms with Gasteiger partial charge in [0.15, 0.2) is 0 Å². The molecule has 0 atom stereocenters. The van der Waals surface area contributed by atoms with Gasteiger partial charge in [-0.2, -0.15) is 5.10 Å². The molecule has 0 fully saturated rings. The van der Waals surface area contributed by atoms with Crippen LogP contribution in [0.5, 0.6) is 11.5 Å². The molecule has 2 amide bonds. The Morgan fingerprint density at radius 2 is 1.74 bits per heavy atom. The zero-order chi connectivity index (χ0) is 16.1. The molecular weight excluding hydrogens is 290 g/mol. The highest BCUT2D eigenvalue weighted by atomic mass is 16.5. The van der Waals surface area contributed by atoms with E-state index in [-0.39, 0.29) is 0 Å². The number of hydrazone groups is 1. The van der Waals surface area contributed by atoms with Gasteiger partial charge in [0, 0.05) is 0 Å². The molecule has 23 heavy (non-hydrogen) atoms. The Morgan fingerprint density at radius 3 is 2.48 bits per heavy atom. The number of nitrogens with zero attached hydrogens (tertiary/aromatic N) is 1. The number of primary amides is 1. The van der Waals surface area contributed by atoms with Gasteiger partial charge in [-0.15, -0.1) is 0 Å². The lowest BCUT2D eigenvalue weighted by molar-refractivity contribution is 0.249. The van der Waals surface area contributed by atoms with Crippen molar-refractivity contribution >= 4 is 12.2 Å². The molecule has 0 bridgehead atoms. The highest BCUT2D eigenvalue weighted by molar-refractivity contribution is 5.81. The lowest BCUT2D eigenvalue weighted by Crippen LogP contribution is -2.24. The molecule has 1 aliphatic carbocycles. The number of urea groups is 1. The number of benzene rings is 2. The topological polar surface area (TPSA) is 76.7 Å². The van der Waals surface area contributed by atoms with Gasteiger partial charge in [0.1, 0.15) is 11.5 Å². The predicted molar refractivity (Wildman–Crippen MR) is 89.9 cm³/mol. The number of ether oxygens (including phenoxy) is 1. The third-order valence-electron chi connectivity index (χ3n) is 3.82. The summed E-state index contributed by atoms with van der Waals surface area (Å²) in [6.07, 6.45) is 6.36. The molecule has 0 saturated heterocycles. The average Bonchev–Trinajstić information content (AvgIpc) is 2.56. The van der Waals surface area contributed by atoms with E-state index in [0.29, 0.717) is 0 Å². The second-order valence-electron chi connectivity index (χ2n) is 5.54. The number of fused-ring (bicyclic) bond motifs is 1. The van der Waals surface area contributed by atoms with Crippen LogP contribution < -0.4 is 15.9 Å². The molecule has 0 radical (unpaired) electrons. The maximum Gasteiger partial charge on any atom is 0.332 e. The van der Waals surface area contributed by atoms with Crippen LogP contribution in [-0.2, 0) is 12.8 Å². The molecule has 1 aliphatic rings. The molecule has 2 aromatic rings. The maximum atomic E-state index is 10.5. The summed E-state index contributed by atoms with van der Waals surface area (Å²) in [6.45, 7) is 0. The Hall–Kier alpha value is -2.82. The van der Waals surface area contributed by atoms with Gasteiger partial charge in [-0.3, -0.25) is 0 Å². The zero-order valence-electron chi connectivity index (χ0n) is 12.8. The summed E-state index contributed by atoms with van der Waals surface area (Å²) in [4.78, 5) is 10.5. The van der Waals surface area contributed by atoms with Crippen LogP contribution in [0.2, 0.25) is 0 Å². The average molecular weight is 309 g/mol. The highest BCUT2D eigenvalue weighted by Crippen LogP contribution is 2.28. The lowest BCUT2D eigenvalue weighted by Gasteiger charge is -2.16. The highest BCUT2D eigenvalue weighted by Gasteiger charge is 2.10. The van der Waals surface area contributed by atoms with Gasteiger partial charge in [0.25, 0.3) is 0 Å². The minimum Gasteiger partial charge on any atom is -0.457 e. The number of carbonyl (C=O) groups excluding carboxylic acids is 1. The van der Waals surface area contributed by atoms with Crippen LogP contribution in [0.4, 0.5) is 4.79 Å². The monoisotopic (exact) mass is 309 g/mol. The first kappa shape index (κ1) is 15.1. The molecular formula is C18H19N3O2. The Balaban J connectivity index is 1.66. The predicted octanol–water partition coefficient (Wildman–Crippen LogP) is 3.36. The molecule has 0 aromatic heterocycles. The van der Waals surface area contributed by atoms with Crippen LogP contribution in [-0.4, -0.2) is 12.2 Å². The normalized spacial score (nSPS) is 13.6. The van der Waals surface area contributed by atoms with Crippen molar-refractivity contribution in [3.63, 3.8) is 0 Å². The van der Waals surface area contributed by atoms with E-state index < -0.39 is 6.03 Å². The van der Waals surface area contributed by atoms with Gasteiger partial charge in [0.2, 0.25) is 0 Å². The van der Waals surface area contributed by atoms with Crippen LogP contribution >= 0.6 is 0 Å². The van der Waals surface area contributed by atoms with Gasteiger partial charge in [-0.05, 0) is 78.8 Å². The van der Waals surface area contributed by atoms with Crippen molar-refractivity contribution < 1.29 is 9.53 Å². The zero-order valence-corrected chi connectivity index (χ0v) is 12.8. The van der Waals surface area contributed by atoms with Crippen molar-refractivity contribution in [1.29, 1.82) is 0 Å². The third-order valence-corrected chi connectivity index (χ3v) is 3.82. The van der Waals surface area contributed by atoms with Crippen molar-refractivity contribution in [2.75, 3.05) is 0 Å². The van der Waals surface area contributed by atoms with E-state index in [4.69, 9.17) is 10.5 Å². The number of nitrogens with one attached hydrogen (secondary N) is 1. The van der Waals surface area contributed by atoms with Crippen LogP contribution in [0.15, 0.2) is 47.6 Å². The van der Waals surface area contributed by atoms with Gasteiger partial charge in [-0.1, -0.05) is 6.07 Å². The Bertz CT molecular complexity index is 724. The molecule has 0 saturated carbocycles. The largest absolute Gasteiger partial charge is 0.457 e. The molecule has 0 heterocycles. The molecule has 5 heteroatoms. The first-order chi connectivity index (χ1) is 11.2. The summed E-state index contributed by atoms with van der Waals surface area (Å²) in [6, 6.07) is 13.1. The van der Waals surface area contributed by atoms with Crippen LogP contribution in [0.1, 0.15) is 29.5 Å². The molecule has 3 rings (SSSR count). The second-order valence-corrected chi connectivity index (χ2v) is 5.54. The van der Waals surface area contributed by atoms with Crippen molar-refractivity contribution in [2.45, 2.75) is 25.7 Å². The van der Waals surface area contributed by atoms with E-state index in [1.807, 2.05) is 30.3 Å². The fourth-order valence-electron chi connectivity index (χ4n) is 2.70. The van der Waals surface area contributed by atoms with Gasteiger partial charge >= 0.3 is 6.03 Å². The van der Waals surface area contributed by atoms with Crippen molar-refractivity contribution in [1.82, 2.24) is 5.43 Å². The van der Waals surface area contributed by atoms with E-state index in [0.717, 1.165) is 23.5 Å². The van der Waals surface area contributed by atoms with E-state index in [2.05, 4.69) is 22.7 Å². The van der Waals surface area contributed by atoms with Crippen LogP contribution in [0, 0.1) is 0 Å².